The lowest BCUT2D eigenvalue weighted by Gasteiger charge is -2.19. The zero-order valence-electron chi connectivity index (χ0n) is 17.7. The molecule has 3 aromatic carbocycles. The SMILES string of the molecule is CCCc1ccc(C2=Cc3cc(F)c(-c4cc(F)c(OC(F)(F)F)c(F)c4)cc3CC2)cc1. The minimum absolute atomic E-state index is 0.0918. The van der Waals surface area contributed by atoms with Crippen LogP contribution in [0.1, 0.15) is 42.0 Å². The van der Waals surface area contributed by atoms with Crippen molar-refractivity contribution >= 4 is 11.6 Å². The average molecular weight is 462 g/mol. The molecule has 0 unspecified atom stereocenters. The molecule has 0 aromatic heterocycles. The Bertz CT molecular complexity index is 1190. The summed E-state index contributed by atoms with van der Waals surface area (Å²) in [5, 5.41) is 0. The summed E-state index contributed by atoms with van der Waals surface area (Å²) in [7, 11) is 0. The Morgan fingerprint density at radius 3 is 2.09 bits per heavy atom. The van der Waals surface area contributed by atoms with Crippen LogP contribution in [0.25, 0.3) is 22.8 Å². The second-order valence-electron chi connectivity index (χ2n) is 7.96. The molecule has 0 bridgehead atoms. The second kappa shape index (κ2) is 8.96. The van der Waals surface area contributed by atoms with E-state index in [9.17, 15) is 26.3 Å². The van der Waals surface area contributed by atoms with E-state index < -0.39 is 29.6 Å². The van der Waals surface area contributed by atoms with Gasteiger partial charge in [-0.05, 0) is 76.9 Å². The lowest BCUT2D eigenvalue weighted by atomic mass is 9.86. The third-order valence-corrected chi connectivity index (χ3v) is 5.61. The van der Waals surface area contributed by atoms with Crippen LogP contribution in [0, 0.1) is 17.5 Å². The van der Waals surface area contributed by atoms with Gasteiger partial charge in [0.1, 0.15) is 5.82 Å². The number of ether oxygens (including phenoxy) is 1. The Kier molecular flexibility index (Phi) is 6.23. The number of benzene rings is 3. The van der Waals surface area contributed by atoms with Crippen LogP contribution in [-0.4, -0.2) is 6.36 Å². The Morgan fingerprint density at radius 1 is 0.818 bits per heavy atom. The largest absolute Gasteiger partial charge is 0.573 e. The molecule has 0 spiro atoms. The first-order valence-corrected chi connectivity index (χ1v) is 10.5. The number of aryl methyl sites for hydroxylation is 2. The predicted octanol–water partition coefficient (Wildman–Crippen LogP) is 8.11. The van der Waals surface area contributed by atoms with E-state index in [2.05, 4.69) is 23.8 Å². The van der Waals surface area contributed by atoms with Gasteiger partial charge in [0.2, 0.25) is 5.75 Å². The zero-order valence-corrected chi connectivity index (χ0v) is 17.7. The van der Waals surface area contributed by atoms with Gasteiger partial charge in [0, 0.05) is 5.56 Å². The minimum atomic E-state index is -5.25. The molecule has 1 aliphatic rings. The van der Waals surface area contributed by atoms with Gasteiger partial charge < -0.3 is 4.74 Å². The molecule has 0 heterocycles. The van der Waals surface area contributed by atoms with Crippen LogP contribution in [0.4, 0.5) is 26.3 Å². The fourth-order valence-corrected chi connectivity index (χ4v) is 4.07. The van der Waals surface area contributed by atoms with Gasteiger partial charge in [0.25, 0.3) is 0 Å². The number of hydrogen-bond acceptors (Lipinski definition) is 1. The molecule has 0 fully saturated rings. The van der Waals surface area contributed by atoms with Crippen molar-refractivity contribution in [1.82, 2.24) is 0 Å². The van der Waals surface area contributed by atoms with E-state index in [-0.39, 0.29) is 11.1 Å². The van der Waals surface area contributed by atoms with Gasteiger partial charge in [-0.3, -0.25) is 0 Å². The van der Waals surface area contributed by atoms with Crippen LogP contribution in [0.15, 0.2) is 48.5 Å². The van der Waals surface area contributed by atoms with Gasteiger partial charge in [-0.1, -0.05) is 43.7 Å². The number of rotatable bonds is 5. The van der Waals surface area contributed by atoms with Gasteiger partial charge in [-0.25, -0.2) is 13.2 Å². The maximum Gasteiger partial charge on any atom is 0.573 e. The summed E-state index contributed by atoms with van der Waals surface area (Å²) in [5.74, 6) is -5.42. The molecule has 0 saturated carbocycles. The Labute approximate surface area is 187 Å². The van der Waals surface area contributed by atoms with E-state index in [0.29, 0.717) is 30.5 Å². The number of allylic oxidation sites excluding steroid dienone is 1. The summed E-state index contributed by atoms with van der Waals surface area (Å²) in [6.45, 7) is 2.12. The van der Waals surface area contributed by atoms with Gasteiger partial charge in [-0.15, -0.1) is 13.2 Å². The fourth-order valence-electron chi connectivity index (χ4n) is 4.07. The molecule has 172 valence electrons. The zero-order chi connectivity index (χ0) is 23.8. The third kappa shape index (κ3) is 5.07. The van der Waals surface area contributed by atoms with Gasteiger partial charge in [-0.2, -0.15) is 0 Å². The van der Waals surface area contributed by atoms with E-state index in [1.807, 2.05) is 18.2 Å². The molecular formula is C26H20F6O. The lowest BCUT2D eigenvalue weighted by Crippen LogP contribution is -2.19. The molecule has 1 nitrogen and oxygen atoms in total. The number of fused-ring (bicyclic) bond motifs is 1. The van der Waals surface area contributed by atoms with Crippen molar-refractivity contribution in [2.75, 3.05) is 0 Å². The van der Waals surface area contributed by atoms with E-state index in [4.69, 9.17) is 0 Å². The molecular weight excluding hydrogens is 442 g/mol. The average Bonchev–Trinajstić information content (AvgIpc) is 2.75. The summed E-state index contributed by atoms with van der Waals surface area (Å²) in [6, 6.07) is 12.3. The first-order valence-electron chi connectivity index (χ1n) is 10.5. The molecule has 1 aliphatic carbocycles. The van der Waals surface area contributed by atoms with Gasteiger partial charge >= 0.3 is 6.36 Å². The molecule has 7 heteroatoms. The van der Waals surface area contributed by atoms with Crippen molar-refractivity contribution in [3.63, 3.8) is 0 Å². The smallest absolute Gasteiger partial charge is 0.399 e. The first kappa shape index (κ1) is 23.0. The molecule has 0 saturated heterocycles. The highest BCUT2D eigenvalue weighted by Gasteiger charge is 2.34. The number of halogens is 6. The van der Waals surface area contributed by atoms with Crippen LogP contribution < -0.4 is 4.74 Å². The van der Waals surface area contributed by atoms with Crippen LogP contribution in [0.5, 0.6) is 5.75 Å². The number of hydrogen-bond donors (Lipinski definition) is 0. The highest BCUT2D eigenvalue weighted by Crippen LogP contribution is 2.37. The maximum atomic E-state index is 14.9. The highest BCUT2D eigenvalue weighted by molar-refractivity contribution is 5.85. The Morgan fingerprint density at radius 2 is 1.48 bits per heavy atom. The van der Waals surface area contributed by atoms with E-state index in [1.54, 1.807) is 0 Å². The van der Waals surface area contributed by atoms with E-state index in [1.165, 1.54) is 17.7 Å². The maximum absolute atomic E-state index is 14.9. The first-order chi connectivity index (χ1) is 15.6. The monoisotopic (exact) mass is 462 g/mol. The predicted molar refractivity (Wildman–Crippen MR) is 115 cm³/mol. The summed E-state index contributed by atoms with van der Waals surface area (Å²) >= 11 is 0. The molecule has 0 radical (unpaired) electrons. The molecule has 0 amide bonds. The highest BCUT2D eigenvalue weighted by atomic mass is 19.4. The van der Waals surface area contributed by atoms with Crippen molar-refractivity contribution in [3.05, 3.63) is 88.2 Å². The van der Waals surface area contributed by atoms with Crippen molar-refractivity contribution in [2.45, 2.75) is 39.0 Å². The Hall–Kier alpha value is -3.22. The van der Waals surface area contributed by atoms with Crippen LogP contribution in [-0.2, 0) is 12.8 Å². The Balaban J connectivity index is 1.66. The van der Waals surface area contributed by atoms with Crippen LogP contribution >= 0.6 is 0 Å². The van der Waals surface area contributed by atoms with Crippen LogP contribution in [0.3, 0.4) is 0 Å². The summed E-state index contributed by atoms with van der Waals surface area (Å²) < 4.78 is 83.6. The number of alkyl halides is 3. The fraction of sp³-hybridized carbons (Fsp3) is 0.231. The molecule has 0 aliphatic heterocycles. The molecule has 3 aromatic rings. The van der Waals surface area contributed by atoms with E-state index >= 15 is 0 Å². The normalized spacial score (nSPS) is 13.5. The van der Waals surface area contributed by atoms with Crippen molar-refractivity contribution in [3.8, 4) is 16.9 Å². The van der Waals surface area contributed by atoms with Crippen molar-refractivity contribution in [1.29, 1.82) is 0 Å². The second-order valence-corrected chi connectivity index (χ2v) is 7.96. The summed E-state index contributed by atoms with van der Waals surface area (Å²) in [5.41, 5.74) is 4.51. The van der Waals surface area contributed by atoms with Crippen molar-refractivity contribution in [2.24, 2.45) is 0 Å². The topological polar surface area (TPSA) is 9.23 Å². The van der Waals surface area contributed by atoms with Gasteiger partial charge in [0.05, 0.1) is 0 Å². The minimum Gasteiger partial charge on any atom is -0.399 e. The third-order valence-electron chi connectivity index (χ3n) is 5.61. The van der Waals surface area contributed by atoms with Crippen LogP contribution in [0.2, 0.25) is 0 Å². The van der Waals surface area contributed by atoms with Gasteiger partial charge in [0.15, 0.2) is 11.6 Å². The van der Waals surface area contributed by atoms with E-state index in [0.717, 1.165) is 29.5 Å². The molecule has 0 atom stereocenters. The standard InChI is InChI=1S/C26H20F6O/c1-2-3-15-4-6-16(7-5-15)17-8-9-18-11-21(22(27)12-19(18)10-17)20-13-23(28)25(24(29)14-20)33-26(30,31)32/h4-7,10-14H,2-3,8-9H2,1H3. The lowest BCUT2D eigenvalue weighted by molar-refractivity contribution is -0.276. The quantitative estimate of drug-likeness (QED) is 0.348. The molecule has 33 heavy (non-hydrogen) atoms. The summed E-state index contributed by atoms with van der Waals surface area (Å²) in [6.07, 6.45) is -0.0101. The molecule has 4 rings (SSSR count). The molecule has 0 N–H and O–H groups in total. The summed E-state index contributed by atoms with van der Waals surface area (Å²) in [4.78, 5) is 0. The van der Waals surface area contributed by atoms with Crippen molar-refractivity contribution < 1.29 is 31.1 Å².